The zero-order chi connectivity index (χ0) is 34.8. The summed E-state index contributed by atoms with van der Waals surface area (Å²) in [4.78, 5) is 23.0. The monoisotopic (exact) mass is 674 g/mol. The molecule has 1 aromatic carbocycles. The van der Waals surface area contributed by atoms with Crippen LogP contribution in [0.5, 0.6) is 5.75 Å². The van der Waals surface area contributed by atoms with Gasteiger partial charge in [0, 0.05) is 12.1 Å². The molecule has 0 radical (unpaired) electrons. The maximum absolute atomic E-state index is 12.6. The van der Waals surface area contributed by atoms with Gasteiger partial charge in [0.15, 0.2) is 0 Å². The molecule has 0 aliphatic carbocycles. The molecule has 0 bridgehead atoms. The number of rotatable bonds is 35. The minimum atomic E-state index is -0.712. The van der Waals surface area contributed by atoms with E-state index in [4.69, 9.17) is 9.47 Å². The molecule has 0 fully saturated rings. The molecule has 278 valence electrons. The van der Waals surface area contributed by atoms with E-state index in [1.54, 1.807) is 0 Å². The van der Waals surface area contributed by atoms with Crippen LogP contribution in [0.2, 0.25) is 0 Å². The van der Waals surface area contributed by atoms with Crippen molar-refractivity contribution in [2.75, 3.05) is 0 Å². The van der Waals surface area contributed by atoms with Crippen LogP contribution in [0.3, 0.4) is 0 Å². The molecule has 0 unspecified atom stereocenters. The first-order chi connectivity index (χ1) is 23.6. The molecule has 0 aliphatic rings. The summed E-state index contributed by atoms with van der Waals surface area (Å²) in [7, 11) is 0. The molecule has 1 rings (SSSR count). The van der Waals surface area contributed by atoms with Gasteiger partial charge in [0.05, 0.1) is 4.92 Å². The summed E-state index contributed by atoms with van der Waals surface area (Å²) in [6.45, 7) is 4.56. The Labute approximate surface area is 296 Å². The number of hydrogen-bond donors (Lipinski definition) is 0. The number of nitrogens with zero attached hydrogens (tertiary/aromatic N) is 1. The minimum Gasteiger partial charge on any atom is -0.431 e. The Morgan fingerprint density at radius 3 is 1.10 bits per heavy atom. The van der Waals surface area contributed by atoms with Crippen molar-refractivity contribution in [3.63, 3.8) is 0 Å². The van der Waals surface area contributed by atoms with E-state index in [9.17, 15) is 14.9 Å². The first kappa shape index (κ1) is 43.9. The predicted molar refractivity (Wildman–Crippen MR) is 203 cm³/mol. The third-order valence-electron chi connectivity index (χ3n) is 9.77. The fraction of sp³-hybridized carbons (Fsp3) is 0.833. The predicted octanol–water partition coefficient (Wildman–Crippen LogP) is 15.0. The van der Waals surface area contributed by atoms with Gasteiger partial charge in [0.2, 0.25) is 0 Å². The van der Waals surface area contributed by atoms with Crippen molar-refractivity contribution in [2.45, 2.75) is 225 Å². The van der Waals surface area contributed by atoms with Crippen LogP contribution in [0, 0.1) is 10.1 Å². The van der Waals surface area contributed by atoms with Crippen molar-refractivity contribution in [3.05, 3.63) is 34.4 Å². The third kappa shape index (κ3) is 27.8. The quantitative estimate of drug-likeness (QED) is 0.0235. The molecule has 0 saturated carbocycles. The highest BCUT2D eigenvalue weighted by molar-refractivity contribution is 5.64. The first-order valence-corrected chi connectivity index (χ1v) is 20.7. The molecule has 0 atom stereocenters. The maximum atomic E-state index is 12.6. The highest BCUT2D eigenvalue weighted by Crippen LogP contribution is 2.21. The SMILES string of the molecule is CCCCCCCCCCCCCCCCCC(CCCCCCCCCCCCCCCCC)OC(=O)Oc1ccc([N+](=O)[O-])cc1. The molecular formula is C42H75NO5. The van der Waals surface area contributed by atoms with Crippen molar-refractivity contribution in [1.29, 1.82) is 0 Å². The van der Waals surface area contributed by atoms with E-state index in [1.807, 2.05) is 0 Å². The Morgan fingerprint density at radius 1 is 0.521 bits per heavy atom. The van der Waals surface area contributed by atoms with E-state index in [2.05, 4.69) is 13.8 Å². The number of non-ortho nitro benzene ring substituents is 1. The lowest BCUT2D eigenvalue weighted by molar-refractivity contribution is -0.384. The number of hydrogen-bond acceptors (Lipinski definition) is 5. The Kier molecular flexibility index (Phi) is 30.5. The molecule has 6 heteroatoms. The van der Waals surface area contributed by atoms with Crippen LogP contribution in [0.25, 0.3) is 0 Å². The molecule has 0 saturated heterocycles. The molecule has 6 nitrogen and oxygen atoms in total. The number of nitro groups is 1. The van der Waals surface area contributed by atoms with E-state index < -0.39 is 11.1 Å². The molecule has 1 aromatic rings. The van der Waals surface area contributed by atoms with E-state index in [0.29, 0.717) is 0 Å². The molecule has 0 N–H and O–H groups in total. The van der Waals surface area contributed by atoms with E-state index in [0.717, 1.165) is 25.7 Å². The lowest BCUT2D eigenvalue weighted by Crippen LogP contribution is -2.21. The topological polar surface area (TPSA) is 78.7 Å². The third-order valence-corrected chi connectivity index (χ3v) is 9.77. The average molecular weight is 674 g/mol. The summed E-state index contributed by atoms with van der Waals surface area (Å²) in [6.07, 6.45) is 40.9. The van der Waals surface area contributed by atoms with Crippen molar-refractivity contribution < 1.29 is 19.2 Å². The van der Waals surface area contributed by atoms with Crippen molar-refractivity contribution in [3.8, 4) is 5.75 Å². The largest absolute Gasteiger partial charge is 0.514 e. The van der Waals surface area contributed by atoms with Crippen LogP contribution in [0.1, 0.15) is 219 Å². The van der Waals surface area contributed by atoms with E-state index >= 15 is 0 Å². The summed E-state index contributed by atoms with van der Waals surface area (Å²) in [5.74, 6) is 0.267. The van der Waals surface area contributed by atoms with Gasteiger partial charge in [-0.15, -0.1) is 0 Å². The molecule has 48 heavy (non-hydrogen) atoms. The van der Waals surface area contributed by atoms with Crippen LogP contribution >= 0.6 is 0 Å². The van der Waals surface area contributed by atoms with Crippen LogP contribution < -0.4 is 4.74 Å². The minimum absolute atomic E-state index is 0.0325. The molecule has 0 heterocycles. The second-order valence-corrected chi connectivity index (χ2v) is 14.3. The summed E-state index contributed by atoms with van der Waals surface area (Å²) in [5, 5.41) is 10.9. The van der Waals surface area contributed by atoms with Gasteiger partial charge in [-0.25, -0.2) is 4.79 Å². The second kappa shape index (κ2) is 33.4. The van der Waals surface area contributed by atoms with Crippen LogP contribution in [-0.4, -0.2) is 17.2 Å². The zero-order valence-electron chi connectivity index (χ0n) is 31.5. The molecule has 0 aromatic heterocycles. The zero-order valence-corrected chi connectivity index (χ0v) is 31.5. The van der Waals surface area contributed by atoms with E-state index in [1.165, 1.54) is 204 Å². The molecular weight excluding hydrogens is 598 g/mol. The molecule has 0 amide bonds. The molecule has 0 aliphatic heterocycles. The number of unbranched alkanes of at least 4 members (excludes halogenated alkanes) is 28. The van der Waals surface area contributed by atoms with Crippen LogP contribution in [0.4, 0.5) is 10.5 Å². The summed E-state index contributed by atoms with van der Waals surface area (Å²) in [5.41, 5.74) is -0.0325. The van der Waals surface area contributed by atoms with Gasteiger partial charge in [-0.2, -0.15) is 0 Å². The fourth-order valence-electron chi connectivity index (χ4n) is 6.64. The smallest absolute Gasteiger partial charge is 0.431 e. The number of benzene rings is 1. The van der Waals surface area contributed by atoms with E-state index in [-0.39, 0.29) is 17.5 Å². The number of carbonyl (C=O) groups is 1. The fourth-order valence-corrected chi connectivity index (χ4v) is 6.64. The summed E-state index contributed by atoms with van der Waals surface area (Å²) >= 11 is 0. The first-order valence-electron chi connectivity index (χ1n) is 20.7. The van der Waals surface area contributed by atoms with Crippen molar-refractivity contribution >= 4 is 11.8 Å². The lowest BCUT2D eigenvalue weighted by Gasteiger charge is -2.18. The Morgan fingerprint density at radius 2 is 0.812 bits per heavy atom. The molecule has 0 spiro atoms. The van der Waals surface area contributed by atoms with Crippen molar-refractivity contribution in [1.82, 2.24) is 0 Å². The number of nitro benzene ring substituents is 1. The Balaban J connectivity index is 2.21. The Hall–Kier alpha value is -2.11. The highest BCUT2D eigenvalue weighted by atomic mass is 16.7. The number of ether oxygens (including phenoxy) is 2. The van der Waals surface area contributed by atoms with Gasteiger partial charge in [-0.05, 0) is 37.8 Å². The van der Waals surface area contributed by atoms with Gasteiger partial charge in [0.25, 0.3) is 5.69 Å². The van der Waals surface area contributed by atoms with Gasteiger partial charge < -0.3 is 9.47 Å². The van der Waals surface area contributed by atoms with Crippen LogP contribution in [-0.2, 0) is 4.74 Å². The second-order valence-electron chi connectivity index (χ2n) is 14.3. The maximum Gasteiger partial charge on any atom is 0.514 e. The Bertz CT molecular complexity index is 824. The average Bonchev–Trinajstić information content (AvgIpc) is 3.08. The van der Waals surface area contributed by atoms with Gasteiger partial charge in [0.1, 0.15) is 11.9 Å². The summed E-state index contributed by atoms with van der Waals surface area (Å²) < 4.78 is 11.1. The van der Waals surface area contributed by atoms with Crippen molar-refractivity contribution in [2.24, 2.45) is 0 Å². The van der Waals surface area contributed by atoms with Crippen LogP contribution in [0.15, 0.2) is 24.3 Å². The highest BCUT2D eigenvalue weighted by Gasteiger charge is 2.17. The normalized spacial score (nSPS) is 11.3. The van der Waals surface area contributed by atoms with Gasteiger partial charge in [-0.3, -0.25) is 10.1 Å². The number of carbonyl (C=O) groups excluding carboxylic acids is 1. The lowest BCUT2D eigenvalue weighted by atomic mass is 10.0. The van der Waals surface area contributed by atoms with Gasteiger partial charge >= 0.3 is 6.16 Å². The summed E-state index contributed by atoms with van der Waals surface area (Å²) in [6, 6.07) is 5.56. The van der Waals surface area contributed by atoms with Gasteiger partial charge in [-0.1, -0.05) is 194 Å². The standard InChI is InChI=1S/C42H75NO5/c1-3-5-7-9-11-13-15-17-19-21-23-25-27-29-31-33-40(47-42(44)48-41-37-35-39(36-38-41)43(45)46)34-32-30-28-26-24-22-20-18-16-14-12-10-8-6-4-2/h35-38,40H,3-34H2,1-2H3.